The predicted molar refractivity (Wildman–Crippen MR) is 100 cm³/mol. The van der Waals surface area contributed by atoms with Crippen LogP contribution in [0.1, 0.15) is 11.8 Å². The summed E-state index contributed by atoms with van der Waals surface area (Å²) in [5.41, 5.74) is 8.97. The van der Waals surface area contributed by atoms with Gasteiger partial charge in [-0.05, 0) is 13.0 Å². The van der Waals surface area contributed by atoms with Crippen molar-refractivity contribution in [3.05, 3.63) is 35.7 Å². The number of rotatable bonds is 4. The lowest BCUT2D eigenvalue weighted by molar-refractivity contribution is 0.667. The number of thiophene rings is 1. The van der Waals surface area contributed by atoms with Crippen molar-refractivity contribution in [3.8, 4) is 11.3 Å². The maximum absolute atomic E-state index is 4.75. The molecule has 1 aliphatic rings. The second-order valence-electron chi connectivity index (χ2n) is 6.10. The lowest BCUT2D eigenvalue weighted by atomic mass is 10.3. The van der Waals surface area contributed by atoms with Gasteiger partial charge in [0.15, 0.2) is 11.6 Å². The van der Waals surface area contributed by atoms with Gasteiger partial charge >= 0.3 is 0 Å². The van der Waals surface area contributed by atoms with Crippen molar-refractivity contribution < 1.29 is 0 Å². The Balaban J connectivity index is 1.43. The summed E-state index contributed by atoms with van der Waals surface area (Å²) in [6.45, 7) is 3.65. The van der Waals surface area contributed by atoms with Crippen LogP contribution >= 0.6 is 11.3 Å². The maximum Gasteiger partial charge on any atom is 0.190 e. The van der Waals surface area contributed by atoms with E-state index in [0.717, 1.165) is 35.0 Å². The molecule has 0 radical (unpaired) electrons. The van der Waals surface area contributed by atoms with Crippen LogP contribution < -0.4 is 16.0 Å². The number of aromatic nitrogens is 6. The molecule has 132 valence electrons. The van der Waals surface area contributed by atoms with Crippen LogP contribution in [0.2, 0.25) is 0 Å². The predicted octanol–water partition coefficient (Wildman–Crippen LogP) is 2.16. The first-order chi connectivity index (χ1) is 12.7. The maximum atomic E-state index is 4.75. The molecule has 0 saturated heterocycles. The highest BCUT2D eigenvalue weighted by Crippen LogP contribution is 2.31. The minimum Gasteiger partial charge on any atom is -0.285 e. The molecule has 4 aromatic heterocycles. The third-order valence-corrected chi connectivity index (χ3v) is 5.29. The second-order valence-corrected chi connectivity index (χ2v) is 7.27. The summed E-state index contributed by atoms with van der Waals surface area (Å²) in [5, 5.41) is 10.7. The van der Waals surface area contributed by atoms with E-state index in [9.17, 15) is 0 Å². The fourth-order valence-electron chi connectivity index (χ4n) is 2.95. The van der Waals surface area contributed by atoms with E-state index in [-0.39, 0.29) is 0 Å². The molecule has 0 aliphatic carbocycles. The van der Waals surface area contributed by atoms with E-state index in [1.807, 2.05) is 22.9 Å². The average Bonchev–Trinajstić information content (AvgIpc) is 3.38. The first-order valence-corrected chi connectivity index (χ1v) is 9.12. The van der Waals surface area contributed by atoms with Crippen LogP contribution in [0.5, 0.6) is 0 Å². The largest absolute Gasteiger partial charge is 0.285 e. The summed E-state index contributed by atoms with van der Waals surface area (Å²) in [7, 11) is 1.89. The Morgan fingerprint density at radius 2 is 2.15 bits per heavy atom. The van der Waals surface area contributed by atoms with E-state index in [0.29, 0.717) is 6.54 Å². The van der Waals surface area contributed by atoms with Gasteiger partial charge in [0.05, 0.1) is 29.3 Å². The molecular weight excluding hydrogens is 350 g/mol. The number of nitrogens with zero attached hydrogens (tertiary/aromatic N) is 7. The third kappa shape index (κ3) is 2.50. The van der Waals surface area contributed by atoms with E-state index < -0.39 is 0 Å². The van der Waals surface area contributed by atoms with Gasteiger partial charge < -0.3 is 0 Å². The van der Waals surface area contributed by atoms with E-state index in [1.54, 1.807) is 28.4 Å². The molecule has 0 fully saturated rings. The number of anilines is 2. The summed E-state index contributed by atoms with van der Waals surface area (Å²) in [6.07, 6.45) is 7.56. The quantitative estimate of drug-likeness (QED) is 0.571. The highest BCUT2D eigenvalue weighted by molar-refractivity contribution is 7.19. The van der Waals surface area contributed by atoms with Gasteiger partial charge in [-0.2, -0.15) is 10.2 Å². The summed E-state index contributed by atoms with van der Waals surface area (Å²) >= 11 is 1.74. The monoisotopic (exact) mass is 367 g/mol. The van der Waals surface area contributed by atoms with Crippen LogP contribution in [-0.4, -0.2) is 29.5 Å². The van der Waals surface area contributed by atoms with Crippen molar-refractivity contribution in [2.75, 3.05) is 10.4 Å². The Hall–Kier alpha value is -2.98. The van der Waals surface area contributed by atoms with Crippen LogP contribution in [0.15, 0.2) is 30.9 Å². The zero-order valence-electron chi connectivity index (χ0n) is 14.3. The lowest BCUT2D eigenvalue weighted by Crippen LogP contribution is -2.35. The molecule has 1 aliphatic heterocycles. The fraction of sp³-hybridized carbons (Fsp3) is 0.250. The average molecular weight is 367 g/mol. The molecular formula is C16H17N9S. The number of hydrogen-bond acceptors (Lipinski definition) is 8. The van der Waals surface area contributed by atoms with Crippen LogP contribution in [0, 0.1) is 0 Å². The summed E-state index contributed by atoms with van der Waals surface area (Å²) in [5.74, 6) is 1.49. The fourth-order valence-corrected chi connectivity index (χ4v) is 3.98. The normalized spacial score (nSPS) is 13.4. The molecule has 9 nitrogen and oxygen atoms in total. The van der Waals surface area contributed by atoms with Gasteiger partial charge in [0.25, 0.3) is 0 Å². The van der Waals surface area contributed by atoms with Gasteiger partial charge in [-0.25, -0.2) is 9.97 Å². The van der Waals surface area contributed by atoms with Gasteiger partial charge in [0, 0.05) is 36.4 Å². The van der Waals surface area contributed by atoms with E-state index in [4.69, 9.17) is 4.98 Å². The Bertz CT molecular complexity index is 1060. The van der Waals surface area contributed by atoms with E-state index in [2.05, 4.69) is 45.3 Å². The standard InChI is InChI=1S/C16H17N9S/c1-3-24-9-14-12(21-24)4-11(26-14)8-25-16-15(20-22-25)17-6-13(19-16)10-5-18-23(2)7-10/h4-7,9,22H,3,8H2,1-2H3,(H,17,20). The van der Waals surface area contributed by atoms with Crippen molar-refractivity contribution in [1.29, 1.82) is 0 Å². The van der Waals surface area contributed by atoms with Gasteiger partial charge in [0.1, 0.15) is 5.52 Å². The minimum atomic E-state index is 0.679. The Morgan fingerprint density at radius 3 is 2.92 bits per heavy atom. The molecule has 5 heterocycles. The van der Waals surface area contributed by atoms with Crippen LogP contribution in [0.4, 0.5) is 11.6 Å². The smallest absolute Gasteiger partial charge is 0.190 e. The van der Waals surface area contributed by atoms with Gasteiger partial charge in [-0.3, -0.25) is 19.8 Å². The molecule has 0 saturated carbocycles. The molecule has 0 spiro atoms. The molecule has 4 aromatic rings. The van der Waals surface area contributed by atoms with E-state index in [1.165, 1.54) is 9.58 Å². The van der Waals surface area contributed by atoms with Crippen LogP contribution in [0.25, 0.3) is 21.5 Å². The zero-order chi connectivity index (χ0) is 17.7. The number of aryl methyl sites for hydroxylation is 2. The summed E-state index contributed by atoms with van der Waals surface area (Å²) in [4.78, 5) is 10.4. The number of hydrazine groups is 2. The molecule has 0 atom stereocenters. The number of hydrogen-bond donors (Lipinski definition) is 2. The highest BCUT2D eigenvalue weighted by Gasteiger charge is 2.23. The van der Waals surface area contributed by atoms with Crippen LogP contribution in [-0.2, 0) is 20.1 Å². The third-order valence-electron chi connectivity index (χ3n) is 4.25. The summed E-state index contributed by atoms with van der Waals surface area (Å²) in [6, 6.07) is 2.13. The van der Waals surface area contributed by atoms with Crippen molar-refractivity contribution in [1.82, 2.24) is 35.1 Å². The molecule has 0 aromatic carbocycles. The Labute approximate surface area is 153 Å². The van der Waals surface area contributed by atoms with Crippen molar-refractivity contribution >= 4 is 33.2 Å². The van der Waals surface area contributed by atoms with Crippen molar-refractivity contribution in [3.63, 3.8) is 0 Å². The second kappa shape index (κ2) is 5.78. The van der Waals surface area contributed by atoms with Crippen molar-refractivity contribution in [2.45, 2.75) is 20.0 Å². The molecule has 5 rings (SSSR count). The molecule has 2 N–H and O–H groups in total. The zero-order valence-corrected chi connectivity index (χ0v) is 15.2. The SMILES string of the molecule is CCn1cc2sc(CN3NNc4ncc(-c5cnn(C)c5)nc43)cc2n1. The summed E-state index contributed by atoms with van der Waals surface area (Å²) < 4.78 is 4.91. The van der Waals surface area contributed by atoms with Gasteiger partial charge in [0.2, 0.25) is 0 Å². The Kier molecular flexibility index (Phi) is 3.40. The first-order valence-electron chi connectivity index (χ1n) is 8.31. The highest BCUT2D eigenvalue weighted by atomic mass is 32.1. The molecule has 10 heteroatoms. The molecule has 26 heavy (non-hydrogen) atoms. The minimum absolute atomic E-state index is 0.679. The first kappa shape index (κ1) is 15.3. The van der Waals surface area contributed by atoms with Crippen LogP contribution in [0.3, 0.4) is 0 Å². The Morgan fingerprint density at radius 1 is 1.23 bits per heavy atom. The number of nitrogens with one attached hydrogen (secondary N) is 2. The lowest BCUT2D eigenvalue weighted by Gasteiger charge is -2.15. The van der Waals surface area contributed by atoms with Gasteiger partial charge in [-0.15, -0.1) is 16.9 Å². The molecule has 0 amide bonds. The van der Waals surface area contributed by atoms with Gasteiger partial charge in [-0.1, -0.05) is 0 Å². The van der Waals surface area contributed by atoms with Crippen molar-refractivity contribution in [2.24, 2.45) is 7.05 Å². The topological polar surface area (TPSA) is 88.7 Å². The molecule has 0 bridgehead atoms. The number of fused-ring (bicyclic) bond motifs is 2. The molecule has 0 unspecified atom stereocenters. The van der Waals surface area contributed by atoms with E-state index >= 15 is 0 Å².